The third-order valence-corrected chi connectivity index (χ3v) is 5.75. The van der Waals surface area contributed by atoms with Crippen LogP contribution in [0.5, 0.6) is 5.75 Å². The summed E-state index contributed by atoms with van der Waals surface area (Å²) in [5, 5.41) is 5.48. The summed E-state index contributed by atoms with van der Waals surface area (Å²) in [7, 11) is 1.50. The van der Waals surface area contributed by atoms with Crippen molar-refractivity contribution in [3.05, 3.63) is 64.7 Å². The van der Waals surface area contributed by atoms with E-state index in [4.69, 9.17) is 14.2 Å². The van der Waals surface area contributed by atoms with Gasteiger partial charge in [0.15, 0.2) is 6.29 Å². The monoisotopic (exact) mass is 472 g/mol. The number of amides is 2. The Bertz CT molecular complexity index is 963. The average molecular weight is 473 g/mol. The number of hydrogen-bond donors (Lipinski definition) is 2. The number of carbonyl (C=O) groups excluding carboxylic acids is 2. The van der Waals surface area contributed by atoms with E-state index in [-0.39, 0.29) is 17.8 Å². The second kappa shape index (κ2) is 12.5. The van der Waals surface area contributed by atoms with Gasteiger partial charge in [0.2, 0.25) is 0 Å². The minimum absolute atomic E-state index is 0.217. The van der Waals surface area contributed by atoms with Crippen LogP contribution in [0.15, 0.2) is 42.5 Å². The Morgan fingerprint density at radius 2 is 1.79 bits per heavy atom. The normalized spacial score (nSPS) is 16.7. The molecule has 0 aromatic heterocycles. The van der Waals surface area contributed by atoms with E-state index in [9.17, 15) is 14.0 Å². The van der Waals surface area contributed by atoms with E-state index in [1.807, 2.05) is 44.2 Å². The molecule has 1 unspecified atom stereocenters. The van der Waals surface area contributed by atoms with Crippen LogP contribution in [-0.2, 0) is 9.47 Å². The fourth-order valence-electron chi connectivity index (χ4n) is 4.20. The van der Waals surface area contributed by atoms with Crippen LogP contribution in [0.3, 0.4) is 0 Å². The molecule has 1 aliphatic heterocycles. The first kappa shape index (κ1) is 25.6. The van der Waals surface area contributed by atoms with Crippen molar-refractivity contribution in [3.8, 4) is 5.75 Å². The number of fused-ring (bicyclic) bond motifs is 1. The standard InChI is InChI=1S/C26H33FN2O5/c1-4-32-22(33-5-2)12-9-13-29-25(30)18-14-19-23(17-10-7-6-8-11-17)21(16-27)34-24(19)20(15-18)26(31)28-3/h6-8,10-11,14-15,21-23H,4-5,9,12-13,16H2,1-3H3,(H,28,31)(H,29,30)/t21?,23-/m0/s1. The third kappa shape index (κ3) is 5.93. The molecule has 8 heteroatoms. The topological polar surface area (TPSA) is 85.9 Å². The van der Waals surface area contributed by atoms with Crippen molar-refractivity contribution in [2.45, 2.75) is 45.0 Å². The van der Waals surface area contributed by atoms with Crippen LogP contribution in [0, 0.1) is 0 Å². The minimum atomic E-state index is -0.770. The first-order chi connectivity index (χ1) is 16.5. The fraction of sp³-hybridized carbons (Fsp3) is 0.462. The summed E-state index contributed by atoms with van der Waals surface area (Å²) in [5.74, 6) is -0.805. The predicted molar refractivity (Wildman–Crippen MR) is 127 cm³/mol. The summed E-state index contributed by atoms with van der Waals surface area (Å²) in [6.07, 6.45) is 0.252. The van der Waals surface area contributed by atoms with Crippen molar-refractivity contribution in [1.82, 2.24) is 10.6 Å². The maximum absolute atomic E-state index is 13.9. The van der Waals surface area contributed by atoms with Crippen molar-refractivity contribution < 1.29 is 28.2 Å². The molecule has 0 spiro atoms. The lowest BCUT2D eigenvalue weighted by molar-refractivity contribution is -0.139. The van der Waals surface area contributed by atoms with Crippen LogP contribution in [0.2, 0.25) is 0 Å². The molecule has 3 rings (SSSR count). The van der Waals surface area contributed by atoms with E-state index in [0.717, 1.165) is 5.56 Å². The highest BCUT2D eigenvalue weighted by atomic mass is 19.1. The summed E-state index contributed by atoms with van der Waals surface area (Å²) in [6, 6.07) is 12.6. The van der Waals surface area contributed by atoms with Crippen LogP contribution < -0.4 is 15.4 Å². The van der Waals surface area contributed by atoms with E-state index in [1.54, 1.807) is 6.07 Å². The van der Waals surface area contributed by atoms with Gasteiger partial charge in [-0.25, -0.2) is 4.39 Å². The molecule has 0 bridgehead atoms. The van der Waals surface area contributed by atoms with Gasteiger partial charge in [-0.1, -0.05) is 30.3 Å². The zero-order valence-corrected chi connectivity index (χ0v) is 19.9. The molecule has 0 aliphatic carbocycles. The van der Waals surface area contributed by atoms with E-state index in [0.29, 0.717) is 49.5 Å². The Morgan fingerprint density at radius 1 is 1.09 bits per heavy atom. The van der Waals surface area contributed by atoms with Gasteiger partial charge in [-0.15, -0.1) is 0 Å². The molecule has 1 aliphatic rings. The summed E-state index contributed by atoms with van der Waals surface area (Å²) < 4.78 is 30.9. The Balaban J connectivity index is 1.82. The summed E-state index contributed by atoms with van der Waals surface area (Å²) in [6.45, 7) is 4.63. The molecule has 2 aromatic carbocycles. The molecule has 34 heavy (non-hydrogen) atoms. The third-order valence-electron chi connectivity index (χ3n) is 5.75. The number of rotatable bonds is 12. The van der Waals surface area contributed by atoms with Crippen molar-refractivity contribution in [2.24, 2.45) is 0 Å². The summed E-state index contributed by atoms with van der Waals surface area (Å²) in [4.78, 5) is 25.6. The van der Waals surface area contributed by atoms with E-state index < -0.39 is 24.6 Å². The molecule has 0 saturated carbocycles. The van der Waals surface area contributed by atoms with Crippen molar-refractivity contribution in [1.29, 1.82) is 0 Å². The molecule has 7 nitrogen and oxygen atoms in total. The second-order valence-electron chi connectivity index (χ2n) is 7.96. The van der Waals surface area contributed by atoms with E-state index >= 15 is 0 Å². The molecule has 2 N–H and O–H groups in total. The zero-order chi connectivity index (χ0) is 24.5. The van der Waals surface area contributed by atoms with Crippen molar-refractivity contribution >= 4 is 11.8 Å². The highest BCUT2D eigenvalue weighted by molar-refractivity contribution is 6.02. The maximum Gasteiger partial charge on any atom is 0.254 e. The summed E-state index contributed by atoms with van der Waals surface area (Å²) in [5.41, 5.74) is 2.04. The van der Waals surface area contributed by atoms with Crippen molar-refractivity contribution in [3.63, 3.8) is 0 Å². The van der Waals surface area contributed by atoms with E-state index in [2.05, 4.69) is 10.6 Å². The number of nitrogens with one attached hydrogen (secondary N) is 2. The Labute approximate surface area is 200 Å². The summed E-state index contributed by atoms with van der Waals surface area (Å²) >= 11 is 0. The highest BCUT2D eigenvalue weighted by Gasteiger charge is 2.39. The predicted octanol–water partition coefficient (Wildman–Crippen LogP) is 3.82. The lowest BCUT2D eigenvalue weighted by atomic mass is 9.86. The number of halogens is 1. The SMILES string of the molecule is CCOC(CCCNC(=O)c1cc(C(=O)NC)c2c(c1)[C@H](c1ccccc1)C(CF)O2)OCC. The Kier molecular flexibility index (Phi) is 9.42. The van der Waals surface area contributed by atoms with Crippen LogP contribution in [0.25, 0.3) is 0 Å². The molecule has 2 amide bonds. The highest BCUT2D eigenvalue weighted by Crippen LogP contribution is 2.45. The van der Waals surface area contributed by atoms with Gasteiger partial charge in [-0.2, -0.15) is 0 Å². The van der Waals surface area contributed by atoms with E-state index in [1.165, 1.54) is 13.1 Å². The molecular weight excluding hydrogens is 439 g/mol. The van der Waals surface area contributed by atoms with Crippen molar-refractivity contribution in [2.75, 3.05) is 33.5 Å². The van der Waals surface area contributed by atoms with Gasteiger partial charge in [0.05, 0.1) is 11.5 Å². The molecular formula is C26H33FN2O5. The van der Waals surface area contributed by atoms with Crippen LogP contribution in [-0.4, -0.2) is 57.7 Å². The lowest BCUT2D eigenvalue weighted by Crippen LogP contribution is -2.27. The van der Waals surface area contributed by atoms with Gasteiger partial charge >= 0.3 is 0 Å². The molecule has 0 fully saturated rings. The van der Waals surface area contributed by atoms with Gasteiger partial charge in [0.25, 0.3) is 11.8 Å². The largest absolute Gasteiger partial charge is 0.486 e. The second-order valence-corrected chi connectivity index (χ2v) is 7.96. The Morgan fingerprint density at radius 3 is 2.41 bits per heavy atom. The zero-order valence-electron chi connectivity index (χ0n) is 19.9. The Hall–Kier alpha value is -2.97. The number of alkyl halides is 1. The maximum atomic E-state index is 13.9. The molecule has 1 heterocycles. The molecule has 2 aromatic rings. The van der Waals surface area contributed by atoms with Gasteiger partial charge in [0, 0.05) is 44.4 Å². The number of carbonyl (C=O) groups is 2. The molecule has 2 atom stereocenters. The molecule has 184 valence electrons. The van der Waals surface area contributed by atoms with Gasteiger partial charge < -0.3 is 24.8 Å². The van der Waals surface area contributed by atoms with Crippen LogP contribution in [0.1, 0.15) is 64.4 Å². The average Bonchev–Trinajstić information content (AvgIpc) is 3.24. The molecule has 0 saturated heterocycles. The quantitative estimate of drug-likeness (QED) is 0.362. The van der Waals surface area contributed by atoms with Gasteiger partial charge in [-0.05, 0) is 38.0 Å². The number of benzene rings is 2. The lowest BCUT2D eigenvalue weighted by Gasteiger charge is -2.17. The van der Waals surface area contributed by atoms with Crippen LogP contribution in [0.4, 0.5) is 4.39 Å². The first-order valence-electron chi connectivity index (χ1n) is 11.7. The number of hydrogen-bond acceptors (Lipinski definition) is 5. The van der Waals surface area contributed by atoms with Gasteiger partial charge in [-0.3, -0.25) is 9.59 Å². The first-order valence-corrected chi connectivity index (χ1v) is 11.7. The number of ether oxygens (including phenoxy) is 3. The molecule has 0 radical (unpaired) electrons. The van der Waals surface area contributed by atoms with Crippen LogP contribution >= 0.6 is 0 Å². The minimum Gasteiger partial charge on any atom is -0.486 e. The fourth-order valence-corrected chi connectivity index (χ4v) is 4.20. The smallest absolute Gasteiger partial charge is 0.254 e. The van der Waals surface area contributed by atoms with Gasteiger partial charge in [0.1, 0.15) is 18.5 Å².